The fourth-order valence-electron chi connectivity index (χ4n) is 6.98. The van der Waals surface area contributed by atoms with Crippen LogP contribution in [0.25, 0.3) is 0 Å². The zero-order valence-electron chi connectivity index (χ0n) is 13.5. The molecule has 0 bridgehead atoms. The molecule has 0 aromatic carbocycles. The number of hydrogen-bond acceptors (Lipinski definition) is 1. The van der Waals surface area contributed by atoms with Crippen molar-refractivity contribution >= 4 is 17.4 Å². The number of halogens is 1. The summed E-state index contributed by atoms with van der Waals surface area (Å²) in [5, 5.41) is 0.418. The smallest absolute Gasteiger partial charge is 0.139 e. The topological polar surface area (TPSA) is 17.1 Å². The van der Waals surface area contributed by atoms with Gasteiger partial charge in [0.1, 0.15) is 5.78 Å². The van der Waals surface area contributed by atoms with Crippen LogP contribution in [0.4, 0.5) is 0 Å². The minimum absolute atomic E-state index is 0.0358. The third-order valence-corrected chi connectivity index (χ3v) is 8.71. The molecule has 0 radical (unpaired) electrons. The Morgan fingerprint density at radius 2 is 1.81 bits per heavy atom. The Bertz CT molecular complexity index is 460. The zero-order valence-corrected chi connectivity index (χ0v) is 14.3. The van der Waals surface area contributed by atoms with Crippen LogP contribution >= 0.6 is 11.6 Å². The second-order valence-corrected chi connectivity index (χ2v) is 9.56. The first-order valence-corrected chi connectivity index (χ1v) is 9.56. The van der Waals surface area contributed by atoms with E-state index >= 15 is 0 Å². The van der Waals surface area contributed by atoms with Gasteiger partial charge in [0.25, 0.3) is 0 Å². The standard InChI is InChI=1S/C19H29ClO/c1-18-9-7-13(20)11-12(18)3-4-14-15-5-6-17(21)19(15,2)10-8-16(14)18/h12-16H,3-11H2,1-2H3/t12-,13-,14+,15+,16+,18+,19+/m1/s1. The molecule has 0 unspecified atom stereocenters. The van der Waals surface area contributed by atoms with Gasteiger partial charge in [-0.25, -0.2) is 0 Å². The van der Waals surface area contributed by atoms with E-state index in [1.165, 1.54) is 44.9 Å². The van der Waals surface area contributed by atoms with Crippen LogP contribution < -0.4 is 0 Å². The molecule has 0 amide bonds. The molecule has 0 aromatic rings. The van der Waals surface area contributed by atoms with Crippen LogP contribution in [0.5, 0.6) is 0 Å². The summed E-state index contributed by atoms with van der Waals surface area (Å²) in [4.78, 5) is 12.4. The van der Waals surface area contributed by atoms with Gasteiger partial charge in [-0.2, -0.15) is 0 Å². The lowest BCUT2D eigenvalue weighted by Crippen LogP contribution is -2.53. The van der Waals surface area contributed by atoms with E-state index in [1.54, 1.807) is 0 Å². The van der Waals surface area contributed by atoms with Gasteiger partial charge >= 0.3 is 0 Å². The molecule has 4 fully saturated rings. The minimum Gasteiger partial charge on any atom is -0.299 e. The van der Waals surface area contributed by atoms with Crippen molar-refractivity contribution < 1.29 is 4.79 Å². The molecule has 0 spiro atoms. The first kappa shape index (κ1) is 14.5. The quantitative estimate of drug-likeness (QED) is 0.562. The van der Waals surface area contributed by atoms with E-state index in [0.717, 1.165) is 30.6 Å². The summed E-state index contributed by atoms with van der Waals surface area (Å²) in [6.07, 6.45) is 11.0. The highest BCUT2D eigenvalue weighted by atomic mass is 35.5. The van der Waals surface area contributed by atoms with Crippen LogP contribution in [0.1, 0.15) is 71.6 Å². The van der Waals surface area contributed by atoms with Crippen LogP contribution in [0.2, 0.25) is 0 Å². The predicted octanol–water partition coefficient (Wildman–Crippen LogP) is 5.21. The van der Waals surface area contributed by atoms with Crippen LogP contribution in [-0.2, 0) is 4.79 Å². The molecule has 4 rings (SSSR count). The van der Waals surface area contributed by atoms with Gasteiger partial charge in [-0.15, -0.1) is 11.6 Å². The highest BCUT2D eigenvalue weighted by molar-refractivity contribution is 6.20. The largest absolute Gasteiger partial charge is 0.299 e. The molecule has 4 aliphatic carbocycles. The van der Waals surface area contributed by atoms with Crippen LogP contribution in [-0.4, -0.2) is 11.2 Å². The number of hydrogen-bond donors (Lipinski definition) is 0. The summed E-state index contributed by atoms with van der Waals surface area (Å²) in [5.41, 5.74) is 0.551. The second-order valence-electron chi connectivity index (χ2n) is 8.95. The van der Waals surface area contributed by atoms with Gasteiger partial charge in [-0.1, -0.05) is 13.8 Å². The normalized spacial score (nSPS) is 56.5. The van der Waals surface area contributed by atoms with E-state index in [9.17, 15) is 4.79 Å². The van der Waals surface area contributed by atoms with E-state index in [2.05, 4.69) is 13.8 Å². The molecular formula is C19H29ClO. The number of carbonyl (C=O) groups excluding carboxylic acids is 1. The molecule has 118 valence electrons. The Kier molecular flexibility index (Phi) is 3.27. The van der Waals surface area contributed by atoms with Crippen LogP contribution in [0.3, 0.4) is 0 Å². The summed E-state index contributed by atoms with van der Waals surface area (Å²) in [7, 11) is 0. The predicted molar refractivity (Wildman–Crippen MR) is 86.4 cm³/mol. The highest BCUT2D eigenvalue weighted by Crippen LogP contribution is 2.65. The van der Waals surface area contributed by atoms with E-state index in [-0.39, 0.29) is 5.41 Å². The average Bonchev–Trinajstić information content (AvgIpc) is 2.76. The summed E-state index contributed by atoms with van der Waals surface area (Å²) >= 11 is 6.46. The van der Waals surface area contributed by atoms with Gasteiger partial charge in [0.05, 0.1) is 0 Å². The molecule has 0 aromatic heterocycles. The van der Waals surface area contributed by atoms with E-state index in [4.69, 9.17) is 11.6 Å². The SMILES string of the molecule is C[C@]12CC[C@@H](Cl)C[C@H]1CC[C@@H]1[C@@H]2CC[C@]2(C)C(=O)CC[C@@H]12. The lowest BCUT2D eigenvalue weighted by molar-refractivity contribution is -0.138. The first-order chi connectivity index (χ1) is 9.95. The minimum atomic E-state index is 0.0358. The number of alkyl halides is 1. The summed E-state index contributed by atoms with van der Waals surface area (Å²) in [5.74, 6) is 3.79. The Morgan fingerprint density at radius 3 is 2.62 bits per heavy atom. The zero-order chi connectivity index (χ0) is 14.8. The van der Waals surface area contributed by atoms with Gasteiger partial charge in [-0.3, -0.25) is 4.79 Å². The van der Waals surface area contributed by atoms with E-state index < -0.39 is 0 Å². The maximum absolute atomic E-state index is 12.4. The van der Waals surface area contributed by atoms with Gasteiger partial charge < -0.3 is 0 Å². The van der Waals surface area contributed by atoms with Gasteiger partial charge in [0, 0.05) is 17.2 Å². The molecule has 4 saturated carbocycles. The van der Waals surface area contributed by atoms with Crippen LogP contribution in [0, 0.1) is 34.5 Å². The van der Waals surface area contributed by atoms with Gasteiger partial charge in [0.15, 0.2) is 0 Å². The maximum atomic E-state index is 12.4. The lowest BCUT2D eigenvalue weighted by atomic mass is 9.45. The molecule has 1 nitrogen and oxygen atoms in total. The Balaban J connectivity index is 1.64. The van der Waals surface area contributed by atoms with Crippen molar-refractivity contribution in [3.8, 4) is 0 Å². The van der Waals surface area contributed by atoms with Crippen molar-refractivity contribution in [2.24, 2.45) is 34.5 Å². The summed E-state index contributed by atoms with van der Waals surface area (Å²) in [6, 6.07) is 0. The third kappa shape index (κ3) is 1.92. The first-order valence-electron chi connectivity index (χ1n) is 9.12. The molecule has 21 heavy (non-hydrogen) atoms. The molecule has 0 heterocycles. The number of fused-ring (bicyclic) bond motifs is 5. The number of rotatable bonds is 0. The molecular weight excluding hydrogens is 280 g/mol. The van der Waals surface area contributed by atoms with Crippen LogP contribution in [0.15, 0.2) is 0 Å². The average molecular weight is 309 g/mol. The fourth-order valence-corrected chi connectivity index (χ4v) is 7.30. The van der Waals surface area contributed by atoms with Gasteiger partial charge in [0.2, 0.25) is 0 Å². The van der Waals surface area contributed by atoms with Crippen molar-refractivity contribution in [2.45, 2.75) is 77.0 Å². The van der Waals surface area contributed by atoms with Crippen molar-refractivity contribution in [2.75, 3.05) is 0 Å². The van der Waals surface area contributed by atoms with Crippen molar-refractivity contribution in [3.05, 3.63) is 0 Å². The monoisotopic (exact) mass is 308 g/mol. The Hall–Kier alpha value is -0.0400. The molecule has 0 aliphatic heterocycles. The number of Topliss-reactive ketones (excluding diaryl/α,β-unsaturated/α-hetero) is 1. The molecule has 7 atom stereocenters. The fraction of sp³-hybridized carbons (Fsp3) is 0.947. The van der Waals surface area contributed by atoms with Crippen molar-refractivity contribution in [1.29, 1.82) is 0 Å². The molecule has 2 heteroatoms. The highest BCUT2D eigenvalue weighted by Gasteiger charge is 2.60. The number of ketones is 1. The molecule has 4 aliphatic rings. The third-order valence-electron chi connectivity index (χ3n) is 8.31. The Morgan fingerprint density at radius 1 is 1.00 bits per heavy atom. The maximum Gasteiger partial charge on any atom is 0.139 e. The second kappa shape index (κ2) is 4.73. The lowest BCUT2D eigenvalue weighted by Gasteiger charge is -2.60. The van der Waals surface area contributed by atoms with E-state index in [0.29, 0.717) is 22.5 Å². The number of carbonyl (C=O) groups is 1. The Labute approximate surface area is 134 Å². The van der Waals surface area contributed by atoms with E-state index in [1.807, 2.05) is 0 Å². The molecule has 0 saturated heterocycles. The van der Waals surface area contributed by atoms with Crippen molar-refractivity contribution in [3.63, 3.8) is 0 Å². The van der Waals surface area contributed by atoms with Crippen molar-refractivity contribution in [1.82, 2.24) is 0 Å². The molecule has 0 N–H and O–H groups in total. The summed E-state index contributed by atoms with van der Waals surface area (Å²) < 4.78 is 0. The van der Waals surface area contributed by atoms with Gasteiger partial charge in [-0.05, 0) is 80.5 Å². The summed E-state index contributed by atoms with van der Waals surface area (Å²) in [6.45, 7) is 4.85.